The van der Waals surface area contributed by atoms with E-state index < -0.39 is 0 Å². The van der Waals surface area contributed by atoms with E-state index in [1.54, 1.807) is 6.92 Å². The zero-order valence-electron chi connectivity index (χ0n) is 15.8. The van der Waals surface area contributed by atoms with Crippen LogP contribution in [-0.2, 0) is 11.3 Å². The minimum absolute atomic E-state index is 0.0593. The molecule has 0 bridgehead atoms. The SMILES string of the molecule is Cc1cc(=O)n2nc(N3CCCC3C(=O)NCc3ccc4c(c3)OCO4)sc2n1. The van der Waals surface area contributed by atoms with Crippen LogP contribution in [0.3, 0.4) is 0 Å². The summed E-state index contributed by atoms with van der Waals surface area (Å²) >= 11 is 1.33. The molecule has 1 N–H and O–H groups in total. The zero-order chi connectivity index (χ0) is 20.0. The Morgan fingerprint density at radius 3 is 3.07 bits per heavy atom. The number of aromatic nitrogens is 3. The molecule has 1 atom stereocenters. The van der Waals surface area contributed by atoms with Crippen molar-refractivity contribution in [1.29, 1.82) is 0 Å². The van der Waals surface area contributed by atoms with Crippen LogP contribution in [0.2, 0.25) is 0 Å². The first-order chi connectivity index (χ1) is 14.1. The number of benzene rings is 1. The third kappa shape index (κ3) is 3.29. The van der Waals surface area contributed by atoms with Crippen LogP contribution in [0.25, 0.3) is 4.96 Å². The molecule has 2 aliphatic rings. The third-order valence-electron chi connectivity index (χ3n) is 5.07. The van der Waals surface area contributed by atoms with Crippen LogP contribution in [0.15, 0.2) is 29.1 Å². The molecule has 0 saturated carbocycles. The van der Waals surface area contributed by atoms with Crippen LogP contribution in [0, 0.1) is 6.92 Å². The summed E-state index contributed by atoms with van der Waals surface area (Å²) in [7, 11) is 0. The molecule has 10 heteroatoms. The van der Waals surface area contributed by atoms with Gasteiger partial charge in [-0.25, -0.2) is 4.98 Å². The molecule has 1 saturated heterocycles. The maximum Gasteiger partial charge on any atom is 0.275 e. The molecule has 1 amide bonds. The third-order valence-corrected chi connectivity index (χ3v) is 6.01. The molecule has 9 nitrogen and oxygen atoms in total. The van der Waals surface area contributed by atoms with Gasteiger partial charge in [0, 0.05) is 24.8 Å². The van der Waals surface area contributed by atoms with Crippen molar-refractivity contribution in [2.24, 2.45) is 0 Å². The normalized spacial score (nSPS) is 17.8. The smallest absolute Gasteiger partial charge is 0.275 e. The van der Waals surface area contributed by atoms with Gasteiger partial charge < -0.3 is 19.7 Å². The summed E-state index contributed by atoms with van der Waals surface area (Å²) < 4.78 is 12.0. The van der Waals surface area contributed by atoms with Gasteiger partial charge in [-0.3, -0.25) is 9.59 Å². The van der Waals surface area contributed by atoms with E-state index in [0.717, 1.165) is 30.7 Å². The van der Waals surface area contributed by atoms with Gasteiger partial charge in [0.05, 0.1) is 0 Å². The van der Waals surface area contributed by atoms with Crippen LogP contribution in [0.1, 0.15) is 24.1 Å². The molecule has 0 spiro atoms. The van der Waals surface area contributed by atoms with E-state index in [4.69, 9.17) is 9.47 Å². The second-order valence-corrected chi connectivity index (χ2v) is 8.01. The number of rotatable bonds is 4. The van der Waals surface area contributed by atoms with Crippen LogP contribution < -0.4 is 25.2 Å². The van der Waals surface area contributed by atoms with Crippen molar-refractivity contribution < 1.29 is 14.3 Å². The summed E-state index contributed by atoms with van der Waals surface area (Å²) in [4.78, 5) is 31.9. The van der Waals surface area contributed by atoms with Crippen molar-refractivity contribution in [2.75, 3.05) is 18.2 Å². The lowest BCUT2D eigenvalue weighted by Gasteiger charge is -2.22. The maximum atomic E-state index is 12.9. The van der Waals surface area contributed by atoms with Gasteiger partial charge in [0.15, 0.2) is 11.5 Å². The molecule has 2 aliphatic heterocycles. The Morgan fingerprint density at radius 1 is 1.31 bits per heavy atom. The van der Waals surface area contributed by atoms with Gasteiger partial charge in [-0.1, -0.05) is 17.4 Å². The highest BCUT2D eigenvalue weighted by Gasteiger charge is 2.33. The van der Waals surface area contributed by atoms with Gasteiger partial charge in [0.1, 0.15) is 6.04 Å². The standard InChI is InChI=1S/C19H19N5O4S/c1-11-7-16(25)24-18(21-11)29-19(22-24)23-6-2-3-13(23)17(26)20-9-12-4-5-14-15(8-12)28-10-27-14/h4-5,7-8,13H,2-3,6,9-10H2,1H3,(H,20,26). The van der Waals surface area contributed by atoms with Crippen molar-refractivity contribution in [1.82, 2.24) is 19.9 Å². The van der Waals surface area contributed by atoms with Crippen molar-refractivity contribution in [3.05, 3.63) is 45.9 Å². The average Bonchev–Trinajstić information content (AvgIpc) is 3.43. The number of aryl methyl sites for hydroxylation is 1. The van der Waals surface area contributed by atoms with Crippen LogP contribution >= 0.6 is 11.3 Å². The minimum atomic E-state index is -0.318. The van der Waals surface area contributed by atoms with E-state index in [9.17, 15) is 9.59 Å². The molecule has 2 aromatic heterocycles. The lowest BCUT2D eigenvalue weighted by Crippen LogP contribution is -2.43. The Morgan fingerprint density at radius 2 is 2.17 bits per heavy atom. The average molecular weight is 413 g/mol. The fourth-order valence-corrected chi connectivity index (χ4v) is 4.68. The van der Waals surface area contributed by atoms with E-state index >= 15 is 0 Å². The van der Waals surface area contributed by atoms with E-state index in [1.807, 2.05) is 23.1 Å². The number of carbonyl (C=O) groups excluding carboxylic acids is 1. The first-order valence-corrected chi connectivity index (χ1v) is 10.2. The zero-order valence-corrected chi connectivity index (χ0v) is 16.6. The van der Waals surface area contributed by atoms with E-state index in [-0.39, 0.29) is 24.3 Å². The molecule has 4 heterocycles. The Balaban J connectivity index is 1.32. The number of hydrogen-bond acceptors (Lipinski definition) is 8. The van der Waals surface area contributed by atoms with E-state index in [2.05, 4.69) is 15.4 Å². The number of anilines is 1. The predicted molar refractivity (Wildman–Crippen MR) is 107 cm³/mol. The number of amides is 1. The molecule has 0 aliphatic carbocycles. The number of nitrogens with one attached hydrogen (secondary N) is 1. The fourth-order valence-electron chi connectivity index (χ4n) is 3.65. The lowest BCUT2D eigenvalue weighted by atomic mass is 10.1. The summed E-state index contributed by atoms with van der Waals surface area (Å²) in [5.41, 5.74) is 1.39. The van der Waals surface area contributed by atoms with Crippen molar-refractivity contribution in [3.8, 4) is 11.5 Å². The molecule has 0 radical (unpaired) electrons. The van der Waals surface area contributed by atoms with Gasteiger partial charge >= 0.3 is 0 Å². The molecular formula is C19H19N5O4S. The summed E-state index contributed by atoms with van der Waals surface area (Å²) in [6.45, 7) is 3.13. The first-order valence-electron chi connectivity index (χ1n) is 9.39. The fraction of sp³-hybridized carbons (Fsp3) is 0.368. The lowest BCUT2D eigenvalue weighted by molar-refractivity contribution is -0.122. The number of fused-ring (bicyclic) bond motifs is 2. The molecule has 1 unspecified atom stereocenters. The van der Waals surface area contributed by atoms with Crippen LogP contribution in [0.4, 0.5) is 5.13 Å². The Kier molecular flexibility index (Phi) is 4.35. The van der Waals surface area contributed by atoms with Crippen molar-refractivity contribution in [3.63, 3.8) is 0 Å². The molecule has 1 fully saturated rings. The Labute approximate surface area is 169 Å². The van der Waals surface area contributed by atoms with Crippen LogP contribution in [0.5, 0.6) is 11.5 Å². The molecule has 150 valence electrons. The van der Waals surface area contributed by atoms with Gasteiger partial charge in [-0.2, -0.15) is 4.52 Å². The van der Waals surface area contributed by atoms with Gasteiger partial charge in [-0.15, -0.1) is 5.10 Å². The first kappa shape index (κ1) is 17.9. The predicted octanol–water partition coefficient (Wildman–Crippen LogP) is 1.47. The highest BCUT2D eigenvalue weighted by atomic mass is 32.1. The van der Waals surface area contributed by atoms with Crippen molar-refractivity contribution in [2.45, 2.75) is 32.4 Å². The highest BCUT2D eigenvalue weighted by Crippen LogP contribution is 2.33. The highest BCUT2D eigenvalue weighted by molar-refractivity contribution is 7.20. The molecule has 29 heavy (non-hydrogen) atoms. The number of nitrogens with zero attached hydrogens (tertiary/aromatic N) is 4. The van der Waals surface area contributed by atoms with Gasteiger partial charge in [-0.05, 0) is 37.5 Å². The maximum absolute atomic E-state index is 12.9. The minimum Gasteiger partial charge on any atom is -0.454 e. The van der Waals surface area contributed by atoms with Gasteiger partial charge in [0.25, 0.3) is 5.56 Å². The summed E-state index contributed by atoms with van der Waals surface area (Å²) in [6.07, 6.45) is 1.63. The summed E-state index contributed by atoms with van der Waals surface area (Å²) in [6, 6.07) is 6.77. The molecule has 3 aromatic rings. The Hall–Kier alpha value is -3.14. The quantitative estimate of drug-likeness (QED) is 0.692. The second kappa shape index (κ2) is 7.03. The van der Waals surface area contributed by atoms with Crippen molar-refractivity contribution >= 4 is 27.3 Å². The number of carbonyl (C=O) groups is 1. The summed E-state index contributed by atoms with van der Waals surface area (Å²) in [5.74, 6) is 1.36. The summed E-state index contributed by atoms with van der Waals surface area (Å²) in [5, 5.41) is 8.04. The second-order valence-electron chi connectivity index (χ2n) is 7.07. The van der Waals surface area contributed by atoms with Gasteiger partial charge in [0.2, 0.25) is 22.8 Å². The van der Waals surface area contributed by atoms with E-state index in [0.29, 0.717) is 28.1 Å². The molecule has 1 aromatic carbocycles. The number of ether oxygens (including phenoxy) is 2. The molecule has 5 rings (SSSR count). The monoisotopic (exact) mass is 413 g/mol. The molecular weight excluding hydrogens is 394 g/mol. The van der Waals surface area contributed by atoms with Crippen LogP contribution in [-0.4, -0.2) is 39.9 Å². The van der Waals surface area contributed by atoms with E-state index in [1.165, 1.54) is 21.9 Å². The number of hydrogen-bond donors (Lipinski definition) is 1. The topological polar surface area (TPSA) is 98.1 Å². The Bertz CT molecular complexity index is 1160. The largest absolute Gasteiger partial charge is 0.454 e.